The number of carbonyl (C=O) groups is 1. The van der Waals surface area contributed by atoms with Crippen LogP contribution in [0.15, 0.2) is 55.1 Å². The first-order valence-electron chi connectivity index (χ1n) is 8.44. The maximum atomic E-state index is 12.9. The SMILES string of the molecule is C=CCN(Cc1ccc(OC)cc1)C(=O)c1ccc(OCC)c([N+](=O)[O-])c1. The van der Waals surface area contributed by atoms with Crippen LogP contribution in [-0.2, 0) is 6.54 Å². The molecule has 0 spiro atoms. The number of amides is 1. The topological polar surface area (TPSA) is 81.9 Å². The minimum atomic E-state index is -0.552. The van der Waals surface area contributed by atoms with Crippen LogP contribution in [0.4, 0.5) is 5.69 Å². The molecule has 0 heterocycles. The largest absolute Gasteiger partial charge is 0.497 e. The number of ether oxygens (including phenoxy) is 2. The van der Waals surface area contributed by atoms with Crippen LogP contribution < -0.4 is 9.47 Å². The molecule has 0 aliphatic carbocycles. The summed E-state index contributed by atoms with van der Waals surface area (Å²) >= 11 is 0. The van der Waals surface area contributed by atoms with Crippen LogP contribution in [0.2, 0.25) is 0 Å². The second-order valence-corrected chi connectivity index (χ2v) is 5.70. The molecule has 7 heteroatoms. The highest BCUT2D eigenvalue weighted by molar-refractivity contribution is 5.95. The van der Waals surface area contributed by atoms with Crippen molar-refractivity contribution in [1.29, 1.82) is 0 Å². The molecule has 142 valence electrons. The van der Waals surface area contributed by atoms with Gasteiger partial charge in [0.1, 0.15) is 5.75 Å². The van der Waals surface area contributed by atoms with Crippen molar-refractivity contribution in [1.82, 2.24) is 4.90 Å². The van der Waals surface area contributed by atoms with Gasteiger partial charge in [0.25, 0.3) is 5.91 Å². The maximum absolute atomic E-state index is 12.9. The third kappa shape index (κ3) is 5.07. The van der Waals surface area contributed by atoms with Gasteiger partial charge < -0.3 is 14.4 Å². The first-order chi connectivity index (χ1) is 13.0. The molecule has 0 aliphatic rings. The van der Waals surface area contributed by atoms with Crippen molar-refractivity contribution >= 4 is 11.6 Å². The Balaban J connectivity index is 2.28. The zero-order chi connectivity index (χ0) is 19.8. The van der Waals surface area contributed by atoms with Gasteiger partial charge in [0.05, 0.1) is 18.6 Å². The van der Waals surface area contributed by atoms with E-state index in [0.29, 0.717) is 19.7 Å². The van der Waals surface area contributed by atoms with E-state index >= 15 is 0 Å². The standard InChI is InChI=1S/C20H22N2O5/c1-4-12-21(14-15-6-9-17(26-3)10-7-15)20(23)16-8-11-19(27-5-2)18(13-16)22(24)25/h4,6-11,13H,1,5,12,14H2,2-3H3. The number of rotatable bonds is 9. The minimum Gasteiger partial charge on any atom is -0.497 e. The molecule has 0 aliphatic heterocycles. The number of carbonyl (C=O) groups excluding carboxylic acids is 1. The number of benzene rings is 2. The Kier molecular flexibility index (Phi) is 6.93. The molecule has 0 unspecified atom stereocenters. The smallest absolute Gasteiger partial charge is 0.311 e. The lowest BCUT2D eigenvalue weighted by atomic mass is 10.1. The van der Waals surface area contributed by atoms with Crippen LogP contribution in [0.5, 0.6) is 11.5 Å². The van der Waals surface area contributed by atoms with Crippen LogP contribution in [-0.4, -0.2) is 36.0 Å². The van der Waals surface area contributed by atoms with E-state index in [4.69, 9.17) is 9.47 Å². The number of nitro benzene ring substituents is 1. The van der Waals surface area contributed by atoms with E-state index in [1.54, 1.807) is 25.0 Å². The van der Waals surface area contributed by atoms with Crippen molar-refractivity contribution in [3.8, 4) is 11.5 Å². The Morgan fingerprint density at radius 3 is 2.52 bits per heavy atom. The van der Waals surface area contributed by atoms with Crippen molar-refractivity contribution in [3.63, 3.8) is 0 Å². The third-order valence-electron chi connectivity index (χ3n) is 3.87. The zero-order valence-electron chi connectivity index (χ0n) is 15.4. The zero-order valence-corrected chi connectivity index (χ0v) is 15.4. The molecule has 0 saturated carbocycles. The monoisotopic (exact) mass is 370 g/mol. The second kappa shape index (κ2) is 9.38. The number of hydrogen-bond acceptors (Lipinski definition) is 5. The molecule has 27 heavy (non-hydrogen) atoms. The molecule has 0 atom stereocenters. The maximum Gasteiger partial charge on any atom is 0.311 e. The summed E-state index contributed by atoms with van der Waals surface area (Å²) in [6, 6.07) is 11.6. The van der Waals surface area contributed by atoms with Gasteiger partial charge in [-0.1, -0.05) is 18.2 Å². The Morgan fingerprint density at radius 1 is 1.26 bits per heavy atom. The minimum absolute atomic E-state index is 0.143. The number of nitro groups is 1. The summed E-state index contributed by atoms with van der Waals surface area (Å²) in [4.78, 5) is 25.2. The fourth-order valence-electron chi connectivity index (χ4n) is 2.58. The molecule has 0 fully saturated rings. The average molecular weight is 370 g/mol. The lowest BCUT2D eigenvalue weighted by Crippen LogP contribution is -2.30. The van der Waals surface area contributed by atoms with E-state index < -0.39 is 4.92 Å². The molecule has 0 radical (unpaired) electrons. The Morgan fingerprint density at radius 2 is 1.96 bits per heavy atom. The van der Waals surface area contributed by atoms with Gasteiger partial charge in [0.15, 0.2) is 5.75 Å². The van der Waals surface area contributed by atoms with E-state index in [1.807, 2.05) is 24.3 Å². The number of hydrogen-bond donors (Lipinski definition) is 0. The van der Waals surface area contributed by atoms with Gasteiger partial charge in [-0.25, -0.2) is 0 Å². The molecule has 0 bridgehead atoms. The molecule has 7 nitrogen and oxygen atoms in total. The van der Waals surface area contributed by atoms with Gasteiger partial charge in [-0.2, -0.15) is 0 Å². The number of nitrogens with zero attached hydrogens (tertiary/aromatic N) is 2. The van der Waals surface area contributed by atoms with Gasteiger partial charge in [0, 0.05) is 24.7 Å². The van der Waals surface area contributed by atoms with Crippen LogP contribution in [0.1, 0.15) is 22.8 Å². The Bertz CT molecular complexity index is 818. The van der Waals surface area contributed by atoms with E-state index in [1.165, 1.54) is 18.2 Å². The van der Waals surface area contributed by atoms with Gasteiger partial charge >= 0.3 is 5.69 Å². The van der Waals surface area contributed by atoms with Crippen molar-refractivity contribution in [2.24, 2.45) is 0 Å². The molecule has 2 aromatic rings. The van der Waals surface area contributed by atoms with Crippen LogP contribution in [0, 0.1) is 10.1 Å². The summed E-state index contributed by atoms with van der Waals surface area (Å²) in [5.74, 6) is 0.545. The highest BCUT2D eigenvalue weighted by atomic mass is 16.6. The van der Waals surface area contributed by atoms with Crippen LogP contribution >= 0.6 is 0 Å². The van der Waals surface area contributed by atoms with Crippen LogP contribution in [0.25, 0.3) is 0 Å². The van der Waals surface area contributed by atoms with E-state index in [0.717, 1.165) is 11.3 Å². The lowest BCUT2D eigenvalue weighted by Gasteiger charge is -2.21. The van der Waals surface area contributed by atoms with Crippen LogP contribution in [0.3, 0.4) is 0 Å². The fourth-order valence-corrected chi connectivity index (χ4v) is 2.58. The number of methoxy groups -OCH3 is 1. The first kappa shape index (κ1) is 20.0. The van der Waals surface area contributed by atoms with Crippen molar-refractivity contribution in [3.05, 3.63) is 76.4 Å². The molecule has 1 amide bonds. The molecule has 2 aromatic carbocycles. The van der Waals surface area contributed by atoms with E-state index in [9.17, 15) is 14.9 Å². The quantitative estimate of drug-likeness (QED) is 0.381. The van der Waals surface area contributed by atoms with Crippen molar-refractivity contribution < 1.29 is 19.2 Å². The third-order valence-corrected chi connectivity index (χ3v) is 3.87. The summed E-state index contributed by atoms with van der Waals surface area (Å²) in [7, 11) is 1.58. The van der Waals surface area contributed by atoms with Crippen molar-refractivity contribution in [2.75, 3.05) is 20.3 Å². The predicted molar refractivity (Wildman–Crippen MR) is 102 cm³/mol. The van der Waals surface area contributed by atoms with Gasteiger partial charge in [0.2, 0.25) is 0 Å². The van der Waals surface area contributed by atoms with E-state index in [2.05, 4.69) is 6.58 Å². The summed E-state index contributed by atoms with van der Waals surface area (Å²) in [6.07, 6.45) is 1.62. The molecular formula is C20H22N2O5. The molecule has 0 N–H and O–H groups in total. The highest BCUT2D eigenvalue weighted by Gasteiger charge is 2.21. The van der Waals surface area contributed by atoms with Crippen molar-refractivity contribution in [2.45, 2.75) is 13.5 Å². The predicted octanol–water partition coefficient (Wildman–Crippen LogP) is 3.83. The second-order valence-electron chi connectivity index (χ2n) is 5.70. The summed E-state index contributed by atoms with van der Waals surface area (Å²) in [5.41, 5.74) is 0.901. The van der Waals surface area contributed by atoms with Gasteiger partial charge in [-0.3, -0.25) is 14.9 Å². The summed E-state index contributed by atoms with van der Waals surface area (Å²) in [6.45, 7) is 6.38. The Hall–Kier alpha value is -3.35. The van der Waals surface area contributed by atoms with E-state index in [-0.39, 0.29) is 22.9 Å². The molecule has 0 aromatic heterocycles. The van der Waals surface area contributed by atoms with Gasteiger partial charge in [-0.05, 0) is 36.8 Å². The average Bonchev–Trinajstić information content (AvgIpc) is 2.68. The molecular weight excluding hydrogens is 348 g/mol. The lowest BCUT2D eigenvalue weighted by molar-refractivity contribution is -0.385. The fraction of sp³-hybridized carbons (Fsp3) is 0.250. The Labute approximate surface area is 158 Å². The molecule has 2 rings (SSSR count). The highest BCUT2D eigenvalue weighted by Crippen LogP contribution is 2.28. The summed E-state index contributed by atoms with van der Waals surface area (Å²) < 4.78 is 10.4. The van der Waals surface area contributed by atoms with Gasteiger partial charge in [-0.15, -0.1) is 6.58 Å². The summed E-state index contributed by atoms with van der Waals surface area (Å²) in [5, 5.41) is 11.3. The normalized spacial score (nSPS) is 10.1. The molecule has 0 saturated heterocycles. The first-order valence-corrected chi connectivity index (χ1v) is 8.44.